The Morgan fingerprint density at radius 3 is 2.59 bits per heavy atom. The molecule has 1 fully saturated rings. The summed E-state index contributed by atoms with van der Waals surface area (Å²) in [5.41, 5.74) is 0.654. The third-order valence-electron chi connectivity index (χ3n) is 2.91. The standard InChI is InChI=1S/C15H12BrNO4S/c1-4-5-17-14(18)13(22-15(17)19)7-9-6-10(16)12(21-3)8-11(9)20-2/h1,6-8H,5H2,2-3H3/b13-7+. The fourth-order valence-electron chi connectivity index (χ4n) is 1.86. The molecule has 114 valence electrons. The number of rotatable bonds is 4. The Balaban J connectivity index is 2.42. The van der Waals surface area contributed by atoms with Crippen LogP contribution in [0.1, 0.15) is 5.56 Å². The van der Waals surface area contributed by atoms with Crippen LogP contribution in [0.15, 0.2) is 21.5 Å². The minimum absolute atomic E-state index is 0.0363. The highest BCUT2D eigenvalue weighted by Crippen LogP contribution is 2.37. The number of terminal acetylenes is 1. The molecule has 0 N–H and O–H groups in total. The van der Waals surface area contributed by atoms with E-state index in [9.17, 15) is 9.59 Å². The zero-order valence-electron chi connectivity index (χ0n) is 11.9. The zero-order chi connectivity index (χ0) is 16.3. The van der Waals surface area contributed by atoms with Crippen LogP contribution >= 0.6 is 27.7 Å². The molecule has 0 bridgehead atoms. The molecule has 0 radical (unpaired) electrons. The van der Waals surface area contributed by atoms with Gasteiger partial charge in [0.05, 0.1) is 30.1 Å². The van der Waals surface area contributed by atoms with Gasteiger partial charge in [-0.25, -0.2) is 0 Å². The van der Waals surface area contributed by atoms with E-state index in [-0.39, 0.29) is 11.8 Å². The summed E-state index contributed by atoms with van der Waals surface area (Å²) in [6.07, 6.45) is 6.76. The van der Waals surface area contributed by atoms with Crippen molar-refractivity contribution in [1.29, 1.82) is 0 Å². The van der Waals surface area contributed by atoms with Gasteiger partial charge in [0, 0.05) is 11.6 Å². The van der Waals surface area contributed by atoms with Gasteiger partial charge in [0.15, 0.2) is 0 Å². The molecule has 1 saturated heterocycles. The average molecular weight is 382 g/mol. The minimum Gasteiger partial charge on any atom is -0.496 e. The molecule has 7 heteroatoms. The van der Waals surface area contributed by atoms with Crippen LogP contribution in [0.5, 0.6) is 11.5 Å². The van der Waals surface area contributed by atoms with Gasteiger partial charge in [0.25, 0.3) is 11.1 Å². The molecule has 1 aliphatic heterocycles. The zero-order valence-corrected chi connectivity index (χ0v) is 14.3. The Morgan fingerprint density at radius 1 is 1.32 bits per heavy atom. The predicted molar refractivity (Wildman–Crippen MR) is 88.8 cm³/mol. The Hall–Kier alpha value is -1.91. The number of hydrogen-bond acceptors (Lipinski definition) is 5. The molecule has 5 nitrogen and oxygen atoms in total. The SMILES string of the molecule is C#CCN1C(=O)S/C(=C/c2cc(Br)c(OC)cc2OC)C1=O. The van der Waals surface area contributed by atoms with E-state index >= 15 is 0 Å². The van der Waals surface area contributed by atoms with Crippen molar-refractivity contribution in [3.63, 3.8) is 0 Å². The maximum atomic E-state index is 12.2. The van der Waals surface area contributed by atoms with E-state index in [0.29, 0.717) is 26.4 Å². The second kappa shape index (κ2) is 6.90. The maximum absolute atomic E-state index is 12.2. The van der Waals surface area contributed by atoms with E-state index in [4.69, 9.17) is 15.9 Å². The van der Waals surface area contributed by atoms with Crippen molar-refractivity contribution < 1.29 is 19.1 Å². The Labute approximate surface area is 140 Å². The van der Waals surface area contributed by atoms with Gasteiger partial charge < -0.3 is 9.47 Å². The summed E-state index contributed by atoms with van der Waals surface area (Å²) in [6.45, 7) is -0.0363. The number of methoxy groups -OCH3 is 2. The molecule has 0 unspecified atom stereocenters. The summed E-state index contributed by atoms with van der Waals surface area (Å²) in [6, 6.07) is 3.45. The Kier molecular flexibility index (Phi) is 5.16. The van der Waals surface area contributed by atoms with Gasteiger partial charge >= 0.3 is 0 Å². The molecule has 22 heavy (non-hydrogen) atoms. The highest BCUT2D eigenvalue weighted by Gasteiger charge is 2.34. The van der Waals surface area contributed by atoms with Crippen LogP contribution in [0.25, 0.3) is 6.08 Å². The van der Waals surface area contributed by atoms with Gasteiger partial charge in [-0.3, -0.25) is 14.5 Å². The van der Waals surface area contributed by atoms with Crippen LogP contribution in [0.2, 0.25) is 0 Å². The first kappa shape index (κ1) is 16.5. The fourth-order valence-corrected chi connectivity index (χ4v) is 3.22. The molecule has 0 aliphatic carbocycles. The van der Waals surface area contributed by atoms with Crippen molar-refractivity contribution in [1.82, 2.24) is 4.90 Å². The third kappa shape index (κ3) is 3.13. The van der Waals surface area contributed by atoms with Crippen molar-refractivity contribution in [2.45, 2.75) is 0 Å². The number of thioether (sulfide) groups is 1. The first-order valence-electron chi connectivity index (χ1n) is 6.12. The van der Waals surface area contributed by atoms with E-state index in [2.05, 4.69) is 21.9 Å². The molecule has 1 aromatic carbocycles. The lowest BCUT2D eigenvalue weighted by atomic mass is 10.1. The second-order valence-corrected chi connectivity index (χ2v) is 6.05. The number of hydrogen-bond donors (Lipinski definition) is 0. The van der Waals surface area contributed by atoms with Gasteiger partial charge in [-0.2, -0.15) is 0 Å². The highest BCUT2D eigenvalue weighted by atomic mass is 79.9. The van der Waals surface area contributed by atoms with Crippen molar-refractivity contribution in [2.75, 3.05) is 20.8 Å². The number of nitrogens with zero attached hydrogens (tertiary/aromatic N) is 1. The Bertz CT molecular complexity index is 708. The molecule has 0 aromatic heterocycles. The van der Waals surface area contributed by atoms with Crippen molar-refractivity contribution in [2.24, 2.45) is 0 Å². The predicted octanol–water partition coefficient (Wildman–Crippen LogP) is 3.14. The van der Waals surface area contributed by atoms with Gasteiger partial charge in [-0.1, -0.05) is 5.92 Å². The van der Waals surface area contributed by atoms with Crippen LogP contribution < -0.4 is 9.47 Å². The summed E-state index contributed by atoms with van der Waals surface area (Å²) in [5, 5.41) is -0.374. The summed E-state index contributed by atoms with van der Waals surface area (Å²) < 4.78 is 11.2. The first-order chi connectivity index (χ1) is 10.5. The average Bonchev–Trinajstić information content (AvgIpc) is 2.75. The van der Waals surface area contributed by atoms with E-state index in [1.165, 1.54) is 7.11 Å². The van der Waals surface area contributed by atoms with Crippen molar-refractivity contribution in [3.05, 3.63) is 27.1 Å². The lowest BCUT2D eigenvalue weighted by Gasteiger charge is -2.10. The summed E-state index contributed by atoms with van der Waals surface area (Å²) in [4.78, 5) is 25.3. The van der Waals surface area contributed by atoms with Gasteiger partial charge in [-0.15, -0.1) is 6.42 Å². The fraction of sp³-hybridized carbons (Fsp3) is 0.200. The maximum Gasteiger partial charge on any atom is 0.294 e. The van der Waals surface area contributed by atoms with Crippen LogP contribution in [-0.2, 0) is 4.79 Å². The number of amides is 2. The molecule has 1 aliphatic rings. The van der Waals surface area contributed by atoms with Crippen LogP contribution in [0.3, 0.4) is 0 Å². The number of halogens is 1. The normalized spacial score (nSPS) is 16.1. The van der Waals surface area contributed by atoms with Crippen LogP contribution in [0.4, 0.5) is 4.79 Å². The van der Waals surface area contributed by atoms with Crippen molar-refractivity contribution in [3.8, 4) is 23.8 Å². The molecular weight excluding hydrogens is 370 g/mol. The molecule has 2 amide bonds. The molecule has 0 spiro atoms. The van der Waals surface area contributed by atoms with Crippen LogP contribution in [-0.4, -0.2) is 36.8 Å². The van der Waals surface area contributed by atoms with Gasteiger partial charge in [-0.05, 0) is 39.8 Å². The molecule has 2 rings (SSSR count). The number of carbonyl (C=O) groups excluding carboxylic acids is 2. The van der Waals surface area contributed by atoms with Gasteiger partial charge in [0.1, 0.15) is 11.5 Å². The quantitative estimate of drug-likeness (QED) is 0.592. The molecule has 1 aromatic rings. The second-order valence-electron chi connectivity index (χ2n) is 4.20. The van der Waals surface area contributed by atoms with E-state index in [0.717, 1.165) is 16.7 Å². The van der Waals surface area contributed by atoms with E-state index in [1.807, 2.05) is 0 Å². The highest BCUT2D eigenvalue weighted by molar-refractivity contribution is 9.10. The molecule has 1 heterocycles. The molecule has 0 saturated carbocycles. The Morgan fingerprint density at radius 2 is 2.00 bits per heavy atom. The lowest BCUT2D eigenvalue weighted by Crippen LogP contribution is -2.28. The molecular formula is C15H12BrNO4S. The van der Waals surface area contributed by atoms with Crippen LogP contribution in [0, 0.1) is 12.3 Å². The van der Waals surface area contributed by atoms with Gasteiger partial charge in [0.2, 0.25) is 0 Å². The van der Waals surface area contributed by atoms with E-state index < -0.39 is 5.91 Å². The van der Waals surface area contributed by atoms with Crippen molar-refractivity contribution >= 4 is 44.9 Å². The first-order valence-corrected chi connectivity index (χ1v) is 7.73. The number of carbonyl (C=O) groups is 2. The largest absolute Gasteiger partial charge is 0.496 e. The monoisotopic (exact) mass is 381 g/mol. The minimum atomic E-state index is -0.401. The molecule has 0 atom stereocenters. The smallest absolute Gasteiger partial charge is 0.294 e. The third-order valence-corrected chi connectivity index (χ3v) is 4.44. The summed E-state index contributed by atoms with van der Waals surface area (Å²) >= 11 is 4.23. The summed E-state index contributed by atoms with van der Waals surface area (Å²) in [7, 11) is 3.06. The number of ether oxygens (including phenoxy) is 2. The number of imide groups is 1. The number of benzene rings is 1. The summed E-state index contributed by atoms with van der Waals surface area (Å²) in [5.74, 6) is 3.03. The lowest BCUT2D eigenvalue weighted by molar-refractivity contribution is -0.122. The van der Waals surface area contributed by atoms with E-state index in [1.54, 1.807) is 25.3 Å². The topological polar surface area (TPSA) is 55.8 Å².